The second-order valence-corrected chi connectivity index (χ2v) is 6.90. The number of carbonyl (C=O) groups excluding carboxylic acids is 2. The van der Waals surface area contributed by atoms with E-state index in [2.05, 4.69) is 5.32 Å². The Kier molecular flexibility index (Phi) is 6.89. The maximum absolute atomic E-state index is 12.7. The second kappa shape index (κ2) is 9.78. The van der Waals surface area contributed by atoms with Crippen molar-refractivity contribution in [2.45, 2.75) is 12.8 Å². The van der Waals surface area contributed by atoms with Crippen LogP contribution < -0.4 is 14.8 Å². The van der Waals surface area contributed by atoms with Crippen molar-refractivity contribution in [3.05, 3.63) is 60.2 Å². The first-order valence-corrected chi connectivity index (χ1v) is 9.65. The summed E-state index contributed by atoms with van der Waals surface area (Å²) in [7, 11) is 3.14. The Hall–Kier alpha value is -3.28. The van der Waals surface area contributed by atoms with Gasteiger partial charge in [-0.3, -0.25) is 9.59 Å². The maximum atomic E-state index is 12.7. The molecule has 6 nitrogen and oxygen atoms in total. The number of nitrogens with zero attached hydrogens (tertiary/aromatic N) is 1. The number of benzene rings is 2. The molecular formula is C23H26N2O4. The highest BCUT2D eigenvalue weighted by Crippen LogP contribution is 2.30. The minimum Gasteiger partial charge on any atom is -0.497 e. The van der Waals surface area contributed by atoms with E-state index < -0.39 is 0 Å². The Morgan fingerprint density at radius 3 is 2.41 bits per heavy atom. The van der Waals surface area contributed by atoms with Crippen molar-refractivity contribution in [3.63, 3.8) is 0 Å². The fraction of sp³-hybridized carbons (Fsp3) is 0.304. The number of carbonyl (C=O) groups is 2. The summed E-state index contributed by atoms with van der Waals surface area (Å²) in [5, 5.41) is 2.94. The number of likely N-dealkylation sites (tertiary alicyclic amines) is 1. The van der Waals surface area contributed by atoms with Crippen molar-refractivity contribution >= 4 is 23.6 Å². The van der Waals surface area contributed by atoms with E-state index in [1.54, 1.807) is 43.4 Å². The van der Waals surface area contributed by atoms with Crippen molar-refractivity contribution < 1.29 is 19.1 Å². The molecular weight excluding hydrogens is 368 g/mol. The summed E-state index contributed by atoms with van der Waals surface area (Å²) in [6, 6.07) is 15.0. The fourth-order valence-corrected chi connectivity index (χ4v) is 3.35. The van der Waals surface area contributed by atoms with Crippen molar-refractivity contribution in [3.8, 4) is 11.5 Å². The SMILES string of the molecule is COc1ccc(OC)c(NC(=O)C2CCN(C(=O)/C=C/c3ccccc3)CC2)c1. The third kappa shape index (κ3) is 5.38. The van der Waals surface area contributed by atoms with Gasteiger partial charge in [0.05, 0.1) is 19.9 Å². The monoisotopic (exact) mass is 394 g/mol. The summed E-state index contributed by atoms with van der Waals surface area (Å²) >= 11 is 0. The fourth-order valence-electron chi connectivity index (χ4n) is 3.35. The average Bonchev–Trinajstić information content (AvgIpc) is 2.78. The summed E-state index contributed by atoms with van der Waals surface area (Å²) in [5.74, 6) is 0.989. The van der Waals surface area contributed by atoms with Crippen LogP contribution in [0.25, 0.3) is 6.08 Å². The van der Waals surface area contributed by atoms with E-state index in [0.29, 0.717) is 43.1 Å². The molecule has 1 heterocycles. The largest absolute Gasteiger partial charge is 0.497 e. The van der Waals surface area contributed by atoms with Crippen molar-refractivity contribution in [2.75, 3.05) is 32.6 Å². The molecule has 0 spiro atoms. The van der Waals surface area contributed by atoms with Gasteiger partial charge in [0.15, 0.2) is 0 Å². The van der Waals surface area contributed by atoms with Gasteiger partial charge in [-0.1, -0.05) is 30.3 Å². The molecule has 0 radical (unpaired) electrons. The van der Waals surface area contributed by atoms with Gasteiger partial charge in [0.25, 0.3) is 0 Å². The minimum atomic E-state index is -0.145. The molecule has 0 aromatic heterocycles. The van der Waals surface area contributed by atoms with Crippen LogP contribution in [0.15, 0.2) is 54.6 Å². The average molecular weight is 394 g/mol. The van der Waals surface area contributed by atoms with Crippen molar-refractivity contribution in [1.82, 2.24) is 4.90 Å². The molecule has 1 aliphatic heterocycles. The van der Waals surface area contributed by atoms with Gasteiger partial charge in [0, 0.05) is 31.1 Å². The van der Waals surface area contributed by atoms with E-state index in [0.717, 1.165) is 5.56 Å². The zero-order valence-electron chi connectivity index (χ0n) is 16.8. The summed E-state index contributed by atoms with van der Waals surface area (Å²) in [6.07, 6.45) is 4.67. The van der Waals surface area contributed by atoms with Gasteiger partial charge in [-0.2, -0.15) is 0 Å². The van der Waals surface area contributed by atoms with E-state index >= 15 is 0 Å². The lowest BCUT2D eigenvalue weighted by Crippen LogP contribution is -2.40. The highest BCUT2D eigenvalue weighted by Gasteiger charge is 2.27. The molecule has 2 aromatic rings. The number of hydrogen-bond donors (Lipinski definition) is 1. The quantitative estimate of drug-likeness (QED) is 0.761. The molecule has 3 rings (SSSR count). The summed E-state index contributed by atoms with van der Waals surface area (Å²) in [4.78, 5) is 26.9. The van der Waals surface area contributed by atoms with Gasteiger partial charge < -0.3 is 19.7 Å². The Morgan fingerprint density at radius 2 is 1.76 bits per heavy atom. The molecule has 1 N–H and O–H groups in total. The zero-order valence-corrected chi connectivity index (χ0v) is 16.8. The number of piperidine rings is 1. The summed E-state index contributed by atoms with van der Waals surface area (Å²) in [6.45, 7) is 1.12. The Balaban J connectivity index is 1.54. The topological polar surface area (TPSA) is 67.9 Å². The predicted molar refractivity (Wildman–Crippen MR) is 113 cm³/mol. The minimum absolute atomic E-state index is 0.0258. The molecule has 1 fully saturated rings. The van der Waals surface area contributed by atoms with Crippen LogP contribution in [0.5, 0.6) is 11.5 Å². The van der Waals surface area contributed by atoms with E-state index in [9.17, 15) is 9.59 Å². The molecule has 0 bridgehead atoms. The highest BCUT2D eigenvalue weighted by molar-refractivity contribution is 5.95. The number of nitrogens with one attached hydrogen (secondary N) is 1. The standard InChI is InChI=1S/C23H26N2O4/c1-28-19-9-10-21(29-2)20(16-19)24-23(27)18-12-14-25(15-13-18)22(26)11-8-17-6-4-3-5-7-17/h3-11,16,18H,12-15H2,1-2H3,(H,24,27)/b11-8+. The lowest BCUT2D eigenvalue weighted by atomic mass is 9.95. The Labute approximate surface area is 171 Å². The van der Waals surface area contributed by atoms with E-state index in [-0.39, 0.29) is 17.7 Å². The Bertz CT molecular complexity index is 872. The lowest BCUT2D eigenvalue weighted by molar-refractivity contribution is -0.130. The molecule has 2 aromatic carbocycles. The van der Waals surface area contributed by atoms with Gasteiger partial charge >= 0.3 is 0 Å². The molecule has 2 amide bonds. The molecule has 0 unspecified atom stereocenters. The van der Waals surface area contributed by atoms with Gasteiger partial charge in [-0.05, 0) is 36.6 Å². The molecule has 1 aliphatic rings. The normalized spacial score (nSPS) is 14.6. The van der Waals surface area contributed by atoms with Gasteiger partial charge in [0.1, 0.15) is 11.5 Å². The summed E-state index contributed by atoms with van der Waals surface area (Å²) in [5.41, 5.74) is 1.57. The van der Waals surface area contributed by atoms with Crippen molar-refractivity contribution in [2.24, 2.45) is 5.92 Å². The molecule has 6 heteroatoms. The van der Waals surface area contributed by atoms with E-state index in [1.807, 2.05) is 36.4 Å². The number of hydrogen-bond acceptors (Lipinski definition) is 4. The number of rotatable bonds is 6. The van der Waals surface area contributed by atoms with Crippen LogP contribution in [0.4, 0.5) is 5.69 Å². The third-order valence-corrected chi connectivity index (χ3v) is 5.06. The van der Waals surface area contributed by atoms with Crippen LogP contribution in [0.1, 0.15) is 18.4 Å². The molecule has 0 saturated carbocycles. The predicted octanol–water partition coefficient (Wildman–Crippen LogP) is 3.59. The van der Waals surface area contributed by atoms with E-state index in [4.69, 9.17) is 9.47 Å². The van der Waals surface area contributed by atoms with E-state index in [1.165, 1.54) is 0 Å². The number of anilines is 1. The smallest absolute Gasteiger partial charge is 0.246 e. The second-order valence-electron chi connectivity index (χ2n) is 6.90. The van der Waals surface area contributed by atoms with Gasteiger partial charge in [0.2, 0.25) is 11.8 Å². The maximum Gasteiger partial charge on any atom is 0.246 e. The first-order valence-electron chi connectivity index (χ1n) is 9.65. The summed E-state index contributed by atoms with van der Waals surface area (Å²) < 4.78 is 10.5. The number of ether oxygens (including phenoxy) is 2. The third-order valence-electron chi connectivity index (χ3n) is 5.06. The first-order chi connectivity index (χ1) is 14.1. The molecule has 152 valence electrons. The molecule has 1 saturated heterocycles. The van der Waals surface area contributed by atoms with Crippen LogP contribution >= 0.6 is 0 Å². The molecule has 0 atom stereocenters. The molecule has 0 aliphatic carbocycles. The van der Waals surface area contributed by atoms with Crippen LogP contribution in [0, 0.1) is 5.92 Å². The van der Waals surface area contributed by atoms with Crippen LogP contribution in [0.2, 0.25) is 0 Å². The van der Waals surface area contributed by atoms with Crippen LogP contribution in [-0.2, 0) is 9.59 Å². The van der Waals surface area contributed by atoms with Gasteiger partial charge in [-0.15, -0.1) is 0 Å². The first kappa shape index (κ1) is 20.5. The molecule has 29 heavy (non-hydrogen) atoms. The highest BCUT2D eigenvalue weighted by atomic mass is 16.5. The van der Waals surface area contributed by atoms with Crippen LogP contribution in [-0.4, -0.2) is 44.0 Å². The Morgan fingerprint density at radius 1 is 1.03 bits per heavy atom. The number of amides is 2. The number of methoxy groups -OCH3 is 2. The van der Waals surface area contributed by atoms with Crippen LogP contribution in [0.3, 0.4) is 0 Å². The zero-order chi connectivity index (χ0) is 20.6. The lowest BCUT2D eigenvalue weighted by Gasteiger charge is -2.30. The van der Waals surface area contributed by atoms with Crippen molar-refractivity contribution in [1.29, 1.82) is 0 Å². The van der Waals surface area contributed by atoms with Gasteiger partial charge in [-0.25, -0.2) is 0 Å².